The molecule has 0 saturated heterocycles. The summed E-state index contributed by atoms with van der Waals surface area (Å²) in [5.74, 6) is -0.354. The molecule has 2 rings (SSSR count). The molecule has 0 saturated carbocycles. The van der Waals surface area contributed by atoms with Crippen LogP contribution in [-0.2, 0) is 11.2 Å². The number of amides is 2. The van der Waals surface area contributed by atoms with Gasteiger partial charge in [0, 0.05) is 18.9 Å². The average Bonchev–Trinajstić information content (AvgIpc) is 3.07. The van der Waals surface area contributed by atoms with Crippen LogP contribution in [0.4, 0.5) is 0 Å². The van der Waals surface area contributed by atoms with E-state index in [2.05, 4.69) is 15.6 Å². The van der Waals surface area contributed by atoms with Crippen molar-refractivity contribution in [1.82, 2.24) is 15.6 Å². The molecule has 0 unspecified atom stereocenters. The molecule has 122 valence electrons. The summed E-state index contributed by atoms with van der Waals surface area (Å²) >= 11 is 1.36. The summed E-state index contributed by atoms with van der Waals surface area (Å²) in [6, 6.07) is 6.86. The van der Waals surface area contributed by atoms with E-state index in [-0.39, 0.29) is 17.7 Å². The number of carbonyl (C=O) groups excluding carboxylic acids is 2. The van der Waals surface area contributed by atoms with Crippen molar-refractivity contribution < 1.29 is 9.59 Å². The molecule has 2 amide bonds. The van der Waals surface area contributed by atoms with Crippen LogP contribution < -0.4 is 10.6 Å². The summed E-state index contributed by atoms with van der Waals surface area (Å²) in [7, 11) is 0. The van der Waals surface area contributed by atoms with Gasteiger partial charge in [-0.15, -0.1) is 11.3 Å². The molecule has 2 aromatic heterocycles. The van der Waals surface area contributed by atoms with Crippen molar-refractivity contribution in [1.29, 1.82) is 0 Å². The first-order chi connectivity index (χ1) is 11.1. The molecule has 0 fully saturated rings. The summed E-state index contributed by atoms with van der Waals surface area (Å²) in [6.45, 7) is 4.35. The van der Waals surface area contributed by atoms with Crippen LogP contribution in [0, 0.1) is 5.92 Å². The SMILES string of the molecule is CC(C)[C@@H](NC(=O)c1cccs1)C(=O)NCCc1cccnc1. The fourth-order valence-corrected chi connectivity index (χ4v) is 2.77. The van der Waals surface area contributed by atoms with E-state index in [0.29, 0.717) is 17.8 Å². The molecule has 2 heterocycles. The lowest BCUT2D eigenvalue weighted by Crippen LogP contribution is -2.49. The number of hydrogen-bond donors (Lipinski definition) is 2. The van der Waals surface area contributed by atoms with Gasteiger partial charge in [0.15, 0.2) is 0 Å². The van der Waals surface area contributed by atoms with Crippen LogP contribution in [-0.4, -0.2) is 29.4 Å². The Bertz CT molecular complexity index is 627. The maximum Gasteiger partial charge on any atom is 0.262 e. The summed E-state index contributed by atoms with van der Waals surface area (Å²) in [6.07, 6.45) is 4.21. The van der Waals surface area contributed by atoms with Crippen LogP contribution in [0.1, 0.15) is 29.1 Å². The highest BCUT2D eigenvalue weighted by molar-refractivity contribution is 7.12. The zero-order chi connectivity index (χ0) is 16.7. The highest BCUT2D eigenvalue weighted by atomic mass is 32.1. The Morgan fingerprint density at radius 2 is 2.09 bits per heavy atom. The van der Waals surface area contributed by atoms with Crippen molar-refractivity contribution in [3.63, 3.8) is 0 Å². The number of thiophene rings is 1. The van der Waals surface area contributed by atoms with Crippen molar-refractivity contribution in [2.75, 3.05) is 6.54 Å². The van der Waals surface area contributed by atoms with Crippen molar-refractivity contribution >= 4 is 23.2 Å². The number of aromatic nitrogens is 1. The minimum Gasteiger partial charge on any atom is -0.354 e. The molecule has 23 heavy (non-hydrogen) atoms. The Kier molecular flexibility index (Phi) is 6.29. The molecule has 1 atom stereocenters. The van der Waals surface area contributed by atoms with Crippen LogP contribution in [0.15, 0.2) is 42.0 Å². The number of nitrogens with zero attached hydrogens (tertiary/aromatic N) is 1. The summed E-state index contributed by atoms with van der Waals surface area (Å²) in [4.78, 5) is 29.1. The maximum atomic E-state index is 12.3. The first-order valence-electron chi connectivity index (χ1n) is 7.59. The lowest BCUT2D eigenvalue weighted by atomic mass is 10.0. The van der Waals surface area contributed by atoms with E-state index < -0.39 is 6.04 Å². The topological polar surface area (TPSA) is 71.1 Å². The zero-order valence-electron chi connectivity index (χ0n) is 13.3. The third-order valence-electron chi connectivity index (χ3n) is 3.42. The monoisotopic (exact) mass is 331 g/mol. The van der Waals surface area contributed by atoms with Gasteiger partial charge in [-0.05, 0) is 35.4 Å². The van der Waals surface area contributed by atoms with Gasteiger partial charge in [0.2, 0.25) is 5.91 Å². The Labute approximate surface area is 140 Å². The standard InChI is InChI=1S/C17H21N3O2S/c1-12(2)15(20-16(21)14-6-4-10-23-14)17(22)19-9-7-13-5-3-8-18-11-13/h3-6,8,10-12,15H,7,9H2,1-2H3,(H,19,22)(H,20,21)/t15-/m1/s1. The molecule has 5 nitrogen and oxygen atoms in total. The van der Waals surface area contributed by atoms with Gasteiger partial charge in [-0.25, -0.2) is 0 Å². The molecular formula is C17H21N3O2S. The molecule has 0 aromatic carbocycles. The van der Waals surface area contributed by atoms with Crippen molar-refractivity contribution in [3.05, 3.63) is 52.5 Å². The normalized spacial score (nSPS) is 12.0. The third-order valence-corrected chi connectivity index (χ3v) is 4.29. The van der Waals surface area contributed by atoms with E-state index in [9.17, 15) is 9.59 Å². The predicted octanol–water partition coefficient (Wildman–Crippen LogP) is 2.26. The molecule has 6 heteroatoms. The fraction of sp³-hybridized carbons (Fsp3) is 0.353. The van der Waals surface area contributed by atoms with E-state index in [1.807, 2.05) is 37.4 Å². The smallest absolute Gasteiger partial charge is 0.262 e. The Balaban J connectivity index is 1.87. The average molecular weight is 331 g/mol. The number of hydrogen-bond acceptors (Lipinski definition) is 4. The molecular weight excluding hydrogens is 310 g/mol. The van der Waals surface area contributed by atoms with Gasteiger partial charge in [-0.3, -0.25) is 14.6 Å². The number of nitrogens with one attached hydrogen (secondary N) is 2. The quantitative estimate of drug-likeness (QED) is 0.817. The second kappa shape index (κ2) is 8.43. The first-order valence-corrected chi connectivity index (χ1v) is 8.47. The molecule has 0 spiro atoms. The van der Waals surface area contributed by atoms with Crippen LogP contribution in [0.25, 0.3) is 0 Å². The summed E-state index contributed by atoms with van der Waals surface area (Å²) in [5.41, 5.74) is 1.07. The van der Waals surface area contributed by atoms with Gasteiger partial charge in [-0.1, -0.05) is 26.0 Å². The van der Waals surface area contributed by atoms with Gasteiger partial charge in [0.05, 0.1) is 4.88 Å². The largest absolute Gasteiger partial charge is 0.354 e. The predicted molar refractivity (Wildman–Crippen MR) is 91.4 cm³/mol. The minimum absolute atomic E-state index is 0.0114. The van der Waals surface area contributed by atoms with E-state index in [1.54, 1.807) is 18.5 Å². The van der Waals surface area contributed by atoms with E-state index in [0.717, 1.165) is 5.56 Å². The summed E-state index contributed by atoms with van der Waals surface area (Å²) < 4.78 is 0. The Morgan fingerprint density at radius 3 is 2.70 bits per heavy atom. The number of rotatable bonds is 7. The maximum absolute atomic E-state index is 12.3. The van der Waals surface area contributed by atoms with Gasteiger partial charge in [0.25, 0.3) is 5.91 Å². The molecule has 0 bridgehead atoms. The van der Waals surface area contributed by atoms with Crippen molar-refractivity contribution in [2.45, 2.75) is 26.3 Å². The third kappa shape index (κ3) is 5.17. The highest BCUT2D eigenvalue weighted by Crippen LogP contribution is 2.10. The lowest BCUT2D eigenvalue weighted by molar-refractivity contribution is -0.123. The van der Waals surface area contributed by atoms with Crippen LogP contribution in [0.3, 0.4) is 0 Å². The molecule has 0 aliphatic heterocycles. The van der Waals surface area contributed by atoms with E-state index >= 15 is 0 Å². The zero-order valence-corrected chi connectivity index (χ0v) is 14.1. The minimum atomic E-state index is -0.543. The first kappa shape index (κ1) is 17.1. The molecule has 0 aliphatic carbocycles. The molecule has 0 radical (unpaired) electrons. The second-order valence-corrected chi connectivity index (χ2v) is 6.52. The molecule has 2 N–H and O–H groups in total. The molecule has 2 aromatic rings. The second-order valence-electron chi connectivity index (χ2n) is 5.57. The van der Waals surface area contributed by atoms with Crippen LogP contribution >= 0.6 is 11.3 Å². The highest BCUT2D eigenvalue weighted by Gasteiger charge is 2.24. The lowest BCUT2D eigenvalue weighted by Gasteiger charge is -2.21. The number of carbonyl (C=O) groups is 2. The fourth-order valence-electron chi connectivity index (χ4n) is 2.14. The van der Waals surface area contributed by atoms with Crippen molar-refractivity contribution in [2.24, 2.45) is 5.92 Å². The van der Waals surface area contributed by atoms with E-state index in [1.165, 1.54) is 11.3 Å². The van der Waals surface area contributed by atoms with Crippen LogP contribution in [0.2, 0.25) is 0 Å². The van der Waals surface area contributed by atoms with Gasteiger partial charge in [0.1, 0.15) is 6.04 Å². The summed E-state index contributed by atoms with van der Waals surface area (Å²) in [5, 5.41) is 7.54. The van der Waals surface area contributed by atoms with Crippen LogP contribution in [0.5, 0.6) is 0 Å². The van der Waals surface area contributed by atoms with Gasteiger partial charge < -0.3 is 10.6 Å². The Morgan fingerprint density at radius 1 is 1.26 bits per heavy atom. The molecule has 0 aliphatic rings. The number of pyridine rings is 1. The van der Waals surface area contributed by atoms with Gasteiger partial charge >= 0.3 is 0 Å². The van der Waals surface area contributed by atoms with Crippen molar-refractivity contribution in [3.8, 4) is 0 Å². The Hall–Kier alpha value is -2.21. The van der Waals surface area contributed by atoms with E-state index in [4.69, 9.17) is 0 Å². The van der Waals surface area contributed by atoms with Gasteiger partial charge in [-0.2, -0.15) is 0 Å².